The molecule has 7 nitrogen and oxygen atoms in total. The molecule has 33 heavy (non-hydrogen) atoms. The highest BCUT2D eigenvalue weighted by Gasteiger charge is 2.28. The number of carbonyl (C=O) groups excluding carboxylic acids is 1. The Morgan fingerprint density at radius 3 is 2.33 bits per heavy atom. The van der Waals surface area contributed by atoms with Crippen molar-refractivity contribution in [1.29, 1.82) is 0 Å². The number of halogens is 1. The molecular weight excluding hydrogens is 462 g/mol. The molecule has 168 valence electrons. The number of amides is 1. The Kier molecular flexibility index (Phi) is 6.33. The van der Waals surface area contributed by atoms with Crippen LogP contribution in [-0.2, 0) is 21.4 Å². The van der Waals surface area contributed by atoms with Gasteiger partial charge in [-0.05, 0) is 61.0 Å². The normalized spacial score (nSPS) is 15.1. The summed E-state index contributed by atoms with van der Waals surface area (Å²) in [6, 6.07) is 20.5. The third-order valence-electron chi connectivity index (χ3n) is 5.02. The van der Waals surface area contributed by atoms with Crippen LogP contribution in [0, 0.1) is 0 Å². The molecule has 0 radical (unpaired) electrons. The van der Waals surface area contributed by atoms with Crippen molar-refractivity contribution in [3.05, 3.63) is 94.5 Å². The Bertz CT molecular complexity index is 1370. The van der Waals surface area contributed by atoms with E-state index in [1.54, 1.807) is 13.0 Å². The zero-order chi connectivity index (χ0) is 23.6. The van der Waals surface area contributed by atoms with Crippen LogP contribution in [0.5, 0.6) is 5.75 Å². The molecule has 0 aliphatic carbocycles. The molecule has 0 atom stereocenters. The van der Waals surface area contributed by atoms with Gasteiger partial charge in [-0.2, -0.15) is 10.1 Å². The monoisotopic (exact) mass is 481 g/mol. The quantitative estimate of drug-likeness (QED) is 0.528. The average Bonchev–Trinajstić information content (AvgIpc) is 3.07. The van der Waals surface area contributed by atoms with Crippen LogP contribution < -0.4 is 14.9 Å². The maximum Gasteiger partial charge on any atom is 0.280 e. The number of hydrogen-bond donors (Lipinski definition) is 1. The van der Waals surface area contributed by atoms with Crippen LogP contribution in [0.3, 0.4) is 0 Å². The lowest BCUT2D eigenvalue weighted by Gasteiger charge is -2.12. The zero-order valence-electron chi connectivity index (χ0n) is 17.6. The Morgan fingerprint density at radius 2 is 1.70 bits per heavy atom. The number of carbonyl (C=O) groups is 1. The molecule has 3 aromatic carbocycles. The van der Waals surface area contributed by atoms with Gasteiger partial charge in [0.25, 0.3) is 5.91 Å². The highest BCUT2D eigenvalue weighted by Crippen LogP contribution is 2.26. The Balaban J connectivity index is 1.47. The number of anilines is 1. The molecule has 9 heteroatoms. The van der Waals surface area contributed by atoms with Gasteiger partial charge >= 0.3 is 0 Å². The van der Waals surface area contributed by atoms with Gasteiger partial charge in [-0.15, -0.1) is 0 Å². The van der Waals surface area contributed by atoms with E-state index < -0.39 is 10.0 Å². The van der Waals surface area contributed by atoms with Crippen LogP contribution >= 0.6 is 11.6 Å². The van der Waals surface area contributed by atoms with Gasteiger partial charge in [0.1, 0.15) is 12.4 Å². The lowest BCUT2D eigenvalue weighted by Crippen LogP contribution is -2.21. The largest absolute Gasteiger partial charge is 0.489 e. The first-order valence-electron chi connectivity index (χ1n) is 9.93. The van der Waals surface area contributed by atoms with E-state index in [0.29, 0.717) is 34.4 Å². The second kappa shape index (κ2) is 9.19. The van der Waals surface area contributed by atoms with Crippen molar-refractivity contribution in [2.45, 2.75) is 18.4 Å². The number of rotatable bonds is 6. The van der Waals surface area contributed by atoms with E-state index in [-0.39, 0.29) is 10.8 Å². The second-order valence-corrected chi connectivity index (χ2v) is 9.32. The first kappa shape index (κ1) is 22.7. The van der Waals surface area contributed by atoms with Gasteiger partial charge in [-0.25, -0.2) is 13.6 Å². The lowest BCUT2D eigenvalue weighted by atomic mass is 10.1. The number of primary sulfonamides is 1. The minimum atomic E-state index is -3.81. The van der Waals surface area contributed by atoms with Crippen molar-refractivity contribution in [2.24, 2.45) is 10.2 Å². The number of hydrazone groups is 1. The molecule has 0 saturated heterocycles. The molecule has 1 heterocycles. The molecule has 3 aromatic rings. The summed E-state index contributed by atoms with van der Waals surface area (Å²) < 4.78 is 28.7. The summed E-state index contributed by atoms with van der Waals surface area (Å²) in [6.07, 6.45) is 1.75. The standard InChI is InChI=1S/C24H20ClN3O4S/c1-16-22(24(29)28(27-16)19-8-12-21(13-9-19)33(26,30)31)14-17-6-10-20(11-7-17)32-15-18-4-2-3-5-23(18)25/h2-14H,15H2,1H3,(H2,26,30,31)/b22-14-. The summed E-state index contributed by atoms with van der Waals surface area (Å²) in [5.41, 5.74) is 3.14. The van der Waals surface area contributed by atoms with Gasteiger partial charge in [0.05, 0.1) is 21.9 Å². The van der Waals surface area contributed by atoms with Crippen LogP contribution in [0.4, 0.5) is 5.69 Å². The van der Waals surface area contributed by atoms with Crippen LogP contribution in [0.15, 0.2) is 88.4 Å². The van der Waals surface area contributed by atoms with E-state index >= 15 is 0 Å². The van der Waals surface area contributed by atoms with Gasteiger partial charge in [-0.1, -0.05) is 41.9 Å². The smallest absolute Gasteiger partial charge is 0.280 e. The highest BCUT2D eigenvalue weighted by atomic mass is 35.5. The third kappa shape index (κ3) is 5.14. The van der Waals surface area contributed by atoms with Crippen LogP contribution in [0.25, 0.3) is 6.08 Å². The Labute approximate surface area is 196 Å². The van der Waals surface area contributed by atoms with Crippen LogP contribution in [-0.4, -0.2) is 20.0 Å². The number of nitrogens with zero attached hydrogens (tertiary/aromatic N) is 2. The van der Waals surface area contributed by atoms with E-state index in [2.05, 4.69) is 5.10 Å². The van der Waals surface area contributed by atoms with Gasteiger partial charge < -0.3 is 4.74 Å². The third-order valence-corrected chi connectivity index (χ3v) is 6.31. The van der Waals surface area contributed by atoms with Gasteiger partial charge in [-0.3, -0.25) is 4.79 Å². The molecule has 0 fully saturated rings. The topological polar surface area (TPSA) is 102 Å². The second-order valence-electron chi connectivity index (χ2n) is 7.35. The molecule has 0 spiro atoms. The van der Waals surface area contributed by atoms with E-state index in [9.17, 15) is 13.2 Å². The van der Waals surface area contributed by atoms with Gasteiger partial charge in [0.2, 0.25) is 10.0 Å². The first-order chi connectivity index (χ1) is 15.7. The van der Waals surface area contributed by atoms with E-state index in [4.69, 9.17) is 21.5 Å². The van der Waals surface area contributed by atoms with Crippen molar-refractivity contribution < 1.29 is 17.9 Å². The zero-order valence-corrected chi connectivity index (χ0v) is 19.2. The molecule has 1 amide bonds. The number of sulfonamides is 1. The van der Waals surface area contributed by atoms with Crippen molar-refractivity contribution in [1.82, 2.24) is 0 Å². The maximum absolute atomic E-state index is 12.9. The molecule has 1 aliphatic heterocycles. The Morgan fingerprint density at radius 1 is 1.03 bits per heavy atom. The fourth-order valence-electron chi connectivity index (χ4n) is 3.24. The fraction of sp³-hybridized carbons (Fsp3) is 0.0833. The summed E-state index contributed by atoms with van der Waals surface area (Å²) in [7, 11) is -3.81. The van der Waals surface area contributed by atoms with Crippen molar-refractivity contribution in [3.8, 4) is 5.75 Å². The molecule has 1 aliphatic rings. The average molecular weight is 482 g/mol. The summed E-state index contributed by atoms with van der Waals surface area (Å²) in [5, 5.41) is 11.3. The minimum Gasteiger partial charge on any atom is -0.489 e. The van der Waals surface area contributed by atoms with E-state index in [1.807, 2.05) is 48.5 Å². The minimum absolute atomic E-state index is 0.0359. The van der Waals surface area contributed by atoms with Crippen molar-refractivity contribution in [3.63, 3.8) is 0 Å². The highest BCUT2D eigenvalue weighted by molar-refractivity contribution is 7.89. The number of ether oxygens (including phenoxy) is 1. The van der Waals surface area contributed by atoms with Crippen molar-refractivity contribution in [2.75, 3.05) is 5.01 Å². The van der Waals surface area contributed by atoms with Gasteiger partial charge in [0.15, 0.2) is 0 Å². The predicted octanol–water partition coefficient (Wildman–Crippen LogP) is 4.37. The summed E-state index contributed by atoms with van der Waals surface area (Å²) >= 11 is 6.15. The first-order valence-corrected chi connectivity index (χ1v) is 11.9. The molecule has 0 bridgehead atoms. The van der Waals surface area contributed by atoms with Crippen LogP contribution in [0.1, 0.15) is 18.1 Å². The van der Waals surface area contributed by atoms with Crippen LogP contribution in [0.2, 0.25) is 5.02 Å². The molecule has 4 rings (SSSR count). The van der Waals surface area contributed by atoms with E-state index in [1.165, 1.54) is 29.3 Å². The summed E-state index contributed by atoms with van der Waals surface area (Å²) in [4.78, 5) is 12.9. The summed E-state index contributed by atoms with van der Waals surface area (Å²) in [5.74, 6) is 0.367. The molecule has 2 N–H and O–H groups in total. The number of benzene rings is 3. The SMILES string of the molecule is CC1=NN(c2ccc(S(N)(=O)=O)cc2)C(=O)/C1=C\c1ccc(OCc2ccccc2Cl)cc1. The van der Waals surface area contributed by atoms with Gasteiger partial charge in [0, 0.05) is 10.6 Å². The molecule has 0 aromatic heterocycles. The van der Waals surface area contributed by atoms with Crippen molar-refractivity contribution >= 4 is 45.0 Å². The van der Waals surface area contributed by atoms with E-state index in [0.717, 1.165) is 11.1 Å². The summed E-state index contributed by atoms with van der Waals surface area (Å²) in [6.45, 7) is 2.09. The lowest BCUT2D eigenvalue weighted by molar-refractivity contribution is -0.114. The number of hydrogen-bond acceptors (Lipinski definition) is 5. The molecular formula is C24H20ClN3O4S. The predicted molar refractivity (Wildman–Crippen MR) is 129 cm³/mol. The Hall–Kier alpha value is -3.46. The fourth-order valence-corrected chi connectivity index (χ4v) is 3.95. The molecule has 0 unspecified atom stereocenters. The number of nitrogens with two attached hydrogens (primary N) is 1. The maximum atomic E-state index is 12.9. The molecule has 0 saturated carbocycles.